The number of carbonyl (C=O) groups excluding carboxylic acids is 1. The molecule has 0 fully saturated rings. The highest BCUT2D eigenvalue weighted by atomic mass is 16.6. The molecule has 0 atom stereocenters. The molecule has 3 heterocycles. The largest absolute Gasteiger partial charge is 0.332 e. The van der Waals surface area contributed by atoms with Crippen molar-refractivity contribution in [3.8, 4) is 11.5 Å². The molecule has 8 nitrogen and oxygen atoms in total. The second kappa shape index (κ2) is 8.05. The van der Waals surface area contributed by atoms with Gasteiger partial charge >= 0.3 is 0 Å². The topological polar surface area (TPSA) is 86.2 Å². The fourth-order valence-corrected chi connectivity index (χ4v) is 4.35. The molecule has 1 aliphatic rings. The number of carbonyl (C=O) groups is 1. The van der Waals surface area contributed by atoms with Crippen LogP contribution in [0.5, 0.6) is 0 Å². The Balaban J connectivity index is 1.43. The predicted molar refractivity (Wildman–Crippen MR) is 123 cm³/mol. The van der Waals surface area contributed by atoms with Gasteiger partial charge in [-0.1, -0.05) is 29.8 Å². The predicted octanol–water partition coefficient (Wildman–Crippen LogP) is 4.27. The van der Waals surface area contributed by atoms with E-state index in [1.54, 1.807) is 17.0 Å². The van der Waals surface area contributed by atoms with Crippen molar-refractivity contribution < 1.29 is 9.72 Å². The number of rotatable bonds is 5. The summed E-state index contributed by atoms with van der Waals surface area (Å²) in [5, 5.41) is 15.8. The van der Waals surface area contributed by atoms with Crippen molar-refractivity contribution in [3.05, 3.63) is 105 Å². The van der Waals surface area contributed by atoms with Crippen LogP contribution in [0.25, 0.3) is 11.5 Å². The minimum Gasteiger partial charge on any atom is -0.332 e. The Morgan fingerprint density at radius 3 is 2.45 bits per heavy atom. The van der Waals surface area contributed by atoms with Crippen molar-refractivity contribution in [2.45, 2.75) is 33.4 Å². The summed E-state index contributed by atoms with van der Waals surface area (Å²) in [5.74, 6) is 0.908. The normalized spacial score (nSPS) is 12.7. The van der Waals surface area contributed by atoms with E-state index in [1.807, 2.05) is 33.8 Å². The van der Waals surface area contributed by atoms with E-state index in [0.29, 0.717) is 13.1 Å². The number of aryl methyl sites for hydroxylation is 2. The molecule has 4 aromatic rings. The van der Waals surface area contributed by atoms with Crippen LogP contribution in [0.1, 0.15) is 27.9 Å². The summed E-state index contributed by atoms with van der Waals surface area (Å²) in [6.07, 6.45) is 4.16. The zero-order valence-electron chi connectivity index (χ0n) is 18.4. The number of non-ortho nitro benzene ring substituents is 1. The summed E-state index contributed by atoms with van der Waals surface area (Å²) in [4.78, 5) is 25.2. The number of benzene rings is 2. The molecular weight excluding hydrogens is 418 g/mol. The van der Waals surface area contributed by atoms with E-state index in [0.717, 1.165) is 33.9 Å². The van der Waals surface area contributed by atoms with Crippen LogP contribution in [-0.4, -0.2) is 30.1 Å². The van der Waals surface area contributed by atoms with E-state index in [9.17, 15) is 14.9 Å². The maximum absolute atomic E-state index is 13.0. The molecule has 8 heteroatoms. The molecule has 0 spiro atoms. The molecule has 0 unspecified atom stereocenters. The van der Waals surface area contributed by atoms with Gasteiger partial charge in [-0.25, -0.2) is 4.68 Å². The number of aromatic nitrogens is 3. The SMILES string of the molecule is Cc1ccc(-n2nc3c(c2-n2cccc2)CN(C(=O)Cc2ccc([N+](=O)[O-])cc2)C3)c(C)c1. The lowest BCUT2D eigenvalue weighted by atomic mass is 10.1. The third kappa shape index (κ3) is 3.80. The molecule has 0 N–H and O–H groups in total. The van der Waals surface area contributed by atoms with Crippen molar-refractivity contribution in [2.75, 3.05) is 0 Å². The molecule has 166 valence electrons. The quantitative estimate of drug-likeness (QED) is 0.342. The Bertz CT molecular complexity index is 1350. The molecule has 0 radical (unpaired) electrons. The second-order valence-corrected chi connectivity index (χ2v) is 8.39. The molecule has 0 aliphatic carbocycles. The molecule has 2 aromatic heterocycles. The van der Waals surface area contributed by atoms with Gasteiger partial charge in [0.1, 0.15) is 5.82 Å². The van der Waals surface area contributed by atoms with Gasteiger partial charge in [0.25, 0.3) is 5.69 Å². The summed E-state index contributed by atoms with van der Waals surface area (Å²) < 4.78 is 4.01. The van der Waals surface area contributed by atoms with E-state index >= 15 is 0 Å². The number of nitro benzene ring substituents is 1. The Labute approximate surface area is 190 Å². The van der Waals surface area contributed by atoms with Crippen LogP contribution in [0.3, 0.4) is 0 Å². The van der Waals surface area contributed by atoms with Gasteiger partial charge in [-0.2, -0.15) is 5.10 Å². The van der Waals surface area contributed by atoms with Gasteiger partial charge in [-0.05, 0) is 43.2 Å². The summed E-state index contributed by atoms with van der Waals surface area (Å²) in [5.41, 5.74) is 6.03. The first-order chi connectivity index (χ1) is 15.9. The first kappa shape index (κ1) is 20.7. The standard InChI is InChI=1S/C25H23N5O3/c1-17-5-10-23(18(2)13-17)29-25(27-11-3-4-12-27)21-15-28(16-22(21)26-29)24(31)14-19-6-8-20(9-7-19)30(32)33/h3-13H,14-16H2,1-2H3. The van der Waals surface area contributed by atoms with Crippen LogP contribution in [0.15, 0.2) is 67.0 Å². The summed E-state index contributed by atoms with van der Waals surface area (Å²) >= 11 is 0. The van der Waals surface area contributed by atoms with Crippen LogP contribution < -0.4 is 0 Å². The average molecular weight is 441 g/mol. The fraction of sp³-hybridized carbons (Fsp3) is 0.200. The van der Waals surface area contributed by atoms with Crippen molar-refractivity contribution in [3.63, 3.8) is 0 Å². The summed E-state index contributed by atoms with van der Waals surface area (Å²) in [6.45, 7) is 5.06. The number of amides is 1. The molecule has 0 bridgehead atoms. The molecule has 0 saturated carbocycles. The first-order valence-electron chi connectivity index (χ1n) is 10.7. The van der Waals surface area contributed by atoms with Gasteiger partial charge in [0.2, 0.25) is 5.91 Å². The second-order valence-electron chi connectivity index (χ2n) is 8.39. The lowest BCUT2D eigenvalue weighted by Gasteiger charge is -2.18. The first-order valence-corrected chi connectivity index (χ1v) is 10.7. The lowest BCUT2D eigenvalue weighted by Crippen LogP contribution is -2.28. The Morgan fingerprint density at radius 2 is 1.79 bits per heavy atom. The number of nitrogens with zero attached hydrogens (tertiary/aromatic N) is 5. The average Bonchev–Trinajstić information content (AvgIpc) is 3.50. The minimum absolute atomic E-state index is 0.0178. The highest BCUT2D eigenvalue weighted by Gasteiger charge is 2.31. The number of hydrogen-bond donors (Lipinski definition) is 0. The lowest BCUT2D eigenvalue weighted by molar-refractivity contribution is -0.384. The maximum Gasteiger partial charge on any atom is 0.269 e. The summed E-state index contributed by atoms with van der Waals surface area (Å²) in [7, 11) is 0. The van der Waals surface area contributed by atoms with E-state index in [2.05, 4.69) is 32.0 Å². The van der Waals surface area contributed by atoms with Crippen LogP contribution in [0.2, 0.25) is 0 Å². The van der Waals surface area contributed by atoms with E-state index in [1.165, 1.54) is 17.7 Å². The van der Waals surface area contributed by atoms with Gasteiger partial charge in [0.15, 0.2) is 0 Å². The smallest absolute Gasteiger partial charge is 0.269 e. The number of fused-ring (bicyclic) bond motifs is 1. The zero-order valence-corrected chi connectivity index (χ0v) is 18.4. The Kier molecular flexibility index (Phi) is 5.05. The third-order valence-corrected chi connectivity index (χ3v) is 6.01. The van der Waals surface area contributed by atoms with Crippen LogP contribution in [-0.2, 0) is 24.3 Å². The van der Waals surface area contributed by atoms with Gasteiger partial charge in [0, 0.05) is 30.1 Å². The van der Waals surface area contributed by atoms with Crippen LogP contribution >= 0.6 is 0 Å². The zero-order chi connectivity index (χ0) is 23.1. The molecule has 0 saturated heterocycles. The molecule has 1 aliphatic heterocycles. The highest BCUT2D eigenvalue weighted by Crippen LogP contribution is 2.32. The van der Waals surface area contributed by atoms with Gasteiger partial charge in [-0.15, -0.1) is 0 Å². The monoisotopic (exact) mass is 441 g/mol. The fourth-order valence-electron chi connectivity index (χ4n) is 4.35. The Morgan fingerprint density at radius 1 is 1.06 bits per heavy atom. The van der Waals surface area contributed by atoms with Gasteiger partial charge in [-0.3, -0.25) is 14.9 Å². The molecular formula is C25H23N5O3. The third-order valence-electron chi connectivity index (χ3n) is 6.01. The Hall–Kier alpha value is -4.20. The highest BCUT2D eigenvalue weighted by molar-refractivity contribution is 5.79. The van der Waals surface area contributed by atoms with E-state index in [-0.39, 0.29) is 18.0 Å². The van der Waals surface area contributed by atoms with Crippen molar-refractivity contribution in [2.24, 2.45) is 0 Å². The van der Waals surface area contributed by atoms with E-state index in [4.69, 9.17) is 5.10 Å². The molecule has 5 rings (SSSR count). The number of nitro groups is 1. The van der Waals surface area contributed by atoms with Crippen molar-refractivity contribution in [1.29, 1.82) is 0 Å². The molecule has 1 amide bonds. The van der Waals surface area contributed by atoms with E-state index < -0.39 is 4.92 Å². The summed E-state index contributed by atoms with van der Waals surface area (Å²) in [6, 6.07) is 16.4. The van der Waals surface area contributed by atoms with Gasteiger partial charge < -0.3 is 9.47 Å². The minimum atomic E-state index is -0.442. The molecule has 2 aromatic carbocycles. The van der Waals surface area contributed by atoms with Crippen LogP contribution in [0.4, 0.5) is 5.69 Å². The maximum atomic E-state index is 13.0. The van der Waals surface area contributed by atoms with Gasteiger partial charge in [0.05, 0.1) is 35.8 Å². The van der Waals surface area contributed by atoms with Crippen LogP contribution in [0, 0.1) is 24.0 Å². The van der Waals surface area contributed by atoms with Crippen molar-refractivity contribution >= 4 is 11.6 Å². The molecule has 33 heavy (non-hydrogen) atoms. The van der Waals surface area contributed by atoms with Crippen molar-refractivity contribution in [1.82, 2.24) is 19.2 Å². The number of hydrogen-bond acceptors (Lipinski definition) is 4.